The van der Waals surface area contributed by atoms with Gasteiger partial charge in [-0.05, 0) is 77.0 Å². The predicted octanol–water partition coefficient (Wildman–Crippen LogP) is 7.60. The Balaban J connectivity index is 0.00000625. The second-order valence-corrected chi connectivity index (χ2v) is 19.4. The number of nitrogens with one attached hydrogen (secondary N) is 1. The first kappa shape index (κ1) is 36.2. The average molecular weight is 688 g/mol. The number of nitriles is 1. The molecule has 0 saturated carbocycles. The molecule has 1 aliphatic rings. The summed E-state index contributed by atoms with van der Waals surface area (Å²) in [6.45, 7) is 15.9. The fraction of sp³-hybridized carbons (Fsp3) is 0.500. The van der Waals surface area contributed by atoms with Gasteiger partial charge in [-0.15, -0.1) is 32.3 Å². The average Bonchev–Trinajstić information content (AvgIpc) is 3.43. The lowest BCUT2D eigenvalue weighted by molar-refractivity contribution is -0.120. The van der Waals surface area contributed by atoms with E-state index in [2.05, 4.69) is 54.9 Å². The van der Waals surface area contributed by atoms with Gasteiger partial charge in [-0.25, -0.2) is 9.18 Å². The van der Waals surface area contributed by atoms with Crippen molar-refractivity contribution in [2.45, 2.75) is 88.6 Å². The van der Waals surface area contributed by atoms with Gasteiger partial charge in [-0.1, -0.05) is 32.9 Å². The Hall–Kier alpha value is -3.60. The van der Waals surface area contributed by atoms with E-state index in [-0.39, 0.29) is 29.9 Å². The Morgan fingerprint density at radius 2 is 1.81 bits per heavy atom. The molecule has 1 aromatic heterocycles. The summed E-state index contributed by atoms with van der Waals surface area (Å²) < 4.78 is 33.6. The molecular weight excluding hydrogens is 642 g/mol. The van der Waals surface area contributed by atoms with E-state index in [9.17, 15) is 14.9 Å². The van der Waals surface area contributed by atoms with Gasteiger partial charge in [0, 0.05) is 16.8 Å². The predicted molar refractivity (Wildman–Crippen MR) is 186 cm³/mol. The van der Waals surface area contributed by atoms with Crippen LogP contribution in [0.1, 0.15) is 73.8 Å². The molecule has 13 heteroatoms. The highest BCUT2D eigenvalue weighted by Crippen LogP contribution is 2.54. The molecule has 2 aromatic carbocycles. The number of thioether (sulfide) groups is 1. The van der Waals surface area contributed by atoms with Crippen molar-refractivity contribution < 1.29 is 28.7 Å². The van der Waals surface area contributed by atoms with Crippen LogP contribution in [0.5, 0.6) is 0 Å². The van der Waals surface area contributed by atoms with Crippen LogP contribution in [0.4, 0.5) is 14.9 Å². The minimum Gasteiger partial charge on any atom is -0.444 e. The lowest BCUT2D eigenvalue weighted by atomic mass is 9.95. The summed E-state index contributed by atoms with van der Waals surface area (Å²) in [5.41, 5.74) is 0.256. The van der Waals surface area contributed by atoms with Crippen LogP contribution in [-0.2, 0) is 25.7 Å². The Morgan fingerprint density at radius 1 is 1.15 bits per heavy atom. The van der Waals surface area contributed by atoms with Crippen molar-refractivity contribution >= 4 is 39.8 Å². The van der Waals surface area contributed by atoms with Crippen molar-refractivity contribution in [3.8, 4) is 17.5 Å². The summed E-state index contributed by atoms with van der Waals surface area (Å²) in [7, 11) is -1.41. The van der Waals surface area contributed by atoms with E-state index in [0.717, 1.165) is 5.56 Å². The molecule has 47 heavy (non-hydrogen) atoms. The molecule has 0 spiro atoms. The fourth-order valence-electron chi connectivity index (χ4n) is 4.31. The maximum atomic E-state index is 15.8. The molecule has 1 aliphatic heterocycles. The third-order valence-electron chi connectivity index (χ3n) is 7.85. The number of fused-ring (bicyclic) bond motifs is 1. The first-order valence-corrected chi connectivity index (χ1v) is 18.5. The molecule has 3 aromatic rings. The van der Waals surface area contributed by atoms with E-state index in [4.69, 9.17) is 13.3 Å². The number of nitrogens with zero attached hydrogens (tertiary/aromatic N) is 4. The SMILES string of the molecule is CC(C)(C)OC(=O)N[C@H]1CSc2cc(F)c(-c3nnc(C(C)(C)COS(C)(C)C(C)(C)C)o3)cc2N(Cc2ccc(C#N)cc2)C1=O.[HH]. The van der Waals surface area contributed by atoms with E-state index in [1.165, 1.54) is 28.8 Å². The van der Waals surface area contributed by atoms with Crippen LogP contribution in [0, 0.1) is 17.1 Å². The number of benzene rings is 2. The van der Waals surface area contributed by atoms with Crippen molar-refractivity contribution in [3.63, 3.8) is 0 Å². The zero-order chi connectivity index (χ0) is 34.9. The summed E-state index contributed by atoms with van der Waals surface area (Å²) in [5.74, 6) is -0.577. The number of hydrogen-bond donors (Lipinski definition) is 1. The van der Waals surface area contributed by atoms with Crippen LogP contribution >= 0.6 is 22.1 Å². The monoisotopic (exact) mass is 687 g/mol. The zero-order valence-electron chi connectivity index (χ0n) is 28.7. The quantitative estimate of drug-likeness (QED) is 0.254. The van der Waals surface area contributed by atoms with Crippen LogP contribution < -0.4 is 10.2 Å². The number of alkyl carbamates (subject to hydrolysis) is 1. The molecule has 0 aliphatic carbocycles. The van der Waals surface area contributed by atoms with Gasteiger partial charge in [0.1, 0.15) is 17.5 Å². The van der Waals surface area contributed by atoms with Gasteiger partial charge in [0.2, 0.25) is 5.89 Å². The highest BCUT2D eigenvalue weighted by Gasteiger charge is 2.37. The minimum absolute atomic E-state index is 0. The second kappa shape index (κ2) is 13.5. The van der Waals surface area contributed by atoms with Gasteiger partial charge < -0.3 is 23.6 Å². The number of anilines is 1. The number of rotatable bonds is 8. The second-order valence-electron chi connectivity index (χ2n) is 14.4. The van der Waals surface area contributed by atoms with E-state index in [0.29, 0.717) is 28.6 Å². The Bertz CT molecular complexity index is 1680. The normalized spacial score (nSPS) is 16.3. The summed E-state index contributed by atoms with van der Waals surface area (Å²) in [6, 6.07) is 10.8. The summed E-state index contributed by atoms with van der Waals surface area (Å²) in [5, 5.41) is 20.4. The molecule has 1 atom stereocenters. The zero-order valence-corrected chi connectivity index (χ0v) is 30.3. The Morgan fingerprint density at radius 3 is 2.40 bits per heavy atom. The molecule has 0 saturated heterocycles. The smallest absolute Gasteiger partial charge is 0.408 e. The number of amides is 2. The first-order valence-electron chi connectivity index (χ1n) is 15.2. The molecule has 256 valence electrons. The van der Waals surface area contributed by atoms with Crippen molar-refractivity contribution in [1.82, 2.24) is 15.5 Å². The van der Waals surface area contributed by atoms with E-state index in [1.54, 1.807) is 45.0 Å². The van der Waals surface area contributed by atoms with E-state index < -0.39 is 45.2 Å². The molecule has 2 amide bonds. The number of aromatic nitrogens is 2. The molecule has 0 unspecified atom stereocenters. The van der Waals surface area contributed by atoms with Gasteiger partial charge in [0.25, 0.3) is 11.8 Å². The number of hydrogen-bond acceptors (Lipinski definition) is 9. The third kappa shape index (κ3) is 8.66. The number of halogens is 1. The lowest BCUT2D eigenvalue weighted by Gasteiger charge is -2.45. The highest BCUT2D eigenvalue weighted by molar-refractivity contribution is 8.29. The molecule has 4 rings (SSSR count). The highest BCUT2D eigenvalue weighted by atomic mass is 32.3. The van der Waals surface area contributed by atoms with Gasteiger partial charge in [0.15, 0.2) is 0 Å². The Labute approximate surface area is 283 Å². The first-order chi connectivity index (χ1) is 21.7. The topological polar surface area (TPSA) is 131 Å². The fourth-order valence-corrected chi connectivity index (χ4v) is 6.33. The van der Waals surface area contributed by atoms with Crippen LogP contribution in [0.2, 0.25) is 0 Å². The maximum absolute atomic E-state index is 15.8. The lowest BCUT2D eigenvalue weighted by Crippen LogP contribution is -2.50. The molecule has 10 nitrogen and oxygen atoms in total. The molecule has 0 fully saturated rings. The van der Waals surface area contributed by atoms with Crippen LogP contribution in [0.3, 0.4) is 0 Å². The van der Waals surface area contributed by atoms with Crippen molar-refractivity contribution in [3.05, 3.63) is 59.2 Å². The van der Waals surface area contributed by atoms with Crippen molar-refractivity contribution in [2.24, 2.45) is 0 Å². The van der Waals surface area contributed by atoms with Crippen LogP contribution in [-0.4, -0.2) is 63.5 Å². The Kier molecular flexibility index (Phi) is 10.4. The van der Waals surface area contributed by atoms with Crippen LogP contribution in [0.25, 0.3) is 11.5 Å². The molecular formula is C34H46FN5O5S2. The maximum Gasteiger partial charge on any atom is 0.408 e. The summed E-state index contributed by atoms with van der Waals surface area (Å²) >= 11 is 1.24. The molecule has 1 N–H and O–H groups in total. The van der Waals surface area contributed by atoms with E-state index >= 15 is 4.39 Å². The largest absolute Gasteiger partial charge is 0.444 e. The van der Waals surface area contributed by atoms with Crippen molar-refractivity contribution in [2.75, 3.05) is 29.8 Å². The van der Waals surface area contributed by atoms with Crippen LogP contribution in [0.15, 0.2) is 45.7 Å². The van der Waals surface area contributed by atoms with Gasteiger partial charge in [0.05, 0.1) is 41.5 Å². The number of carbonyl (C=O) groups excluding carboxylic acids is 2. The summed E-state index contributed by atoms with van der Waals surface area (Å²) in [6.07, 6.45) is 3.50. The van der Waals surface area contributed by atoms with Gasteiger partial charge >= 0.3 is 6.09 Å². The minimum atomic E-state index is -1.41. The van der Waals surface area contributed by atoms with Gasteiger partial charge in [-0.2, -0.15) is 5.26 Å². The standard InChI is InChI=1S/C34H44FN5O5S2.H2/c1-32(2,3)45-31(42)37-25-19-46-27-16-24(35)23(15-26(27)40(29(25)41)18-22-13-11-21(17-36)12-14-22)28-38-39-30(44-28)34(7,8)20-43-47(9,10)33(4,5)6;/h11-16,25H,18-20H2,1-10H3,(H,37,42);1H/t25-;/m0./s1. The van der Waals surface area contributed by atoms with Gasteiger partial charge in [-0.3, -0.25) is 4.79 Å². The molecule has 0 radical (unpaired) electrons. The molecule has 2 heterocycles. The molecule has 0 bridgehead atoms. The number of carbonyl (C=O) groups is 2. The number of ether oxygens (including phenoxy) is 1. The van der Waals surface area contributed by atoms with Crippen molar-refractivity contribution in [1.29, 1.82) is 5.26 Å². The third-order valence-corrected chi connectivity index (χ3v) is 12.6. The van der Waals surface area contributed by atoms with E-state index in [1.807, 2.05) is 13.8 Å². The summed E-state index contributed by atoms with van der Waals surface area (Å²) in [4.78, 5) is 28.7.